The summed E-state index contributed by atoms with van der Waals surface area (Å²) >= 11 is 0. The van der Waals surface area contributed by atoms with Gasteiger partial charge in [0, 0.05) is 11.1 Å². The van der Waals surface area contributed by atoms with Crippen LogP contribution in [0.2, 0.25) is 19.6 Å². The average molecular weight is 396 g/mol. The van der Waals surface area contributed by atoms with Gasteiger partial charge in [0.2, 0.25) is 8.32 Å². The van der Waals surface area contributed by atoms with Crippen molar-refractivity contribution in [2.24, 2.45) is 0 Å². The molecule has 3 rings (SSSR count). The number of nitrogens with one attached hydrogen (secondary N) is 1. The molecular weight excluding hydrogens is 362 g/mol. The summed E-state index contributed by atoms with van der Waals surface area (Å²) < 4.78 is 12.6. The predicted molar refractivity (Wildman–Crippen MR) is 121 cm³/mol. The summed E-state index contributed by atoms with van der Waals surface area (Å²) in [5, 5.41) is 8.53. The number of fused-ring (bicyclic) bond motifs is 2. The highest BCUT2D eigenvalue weighted by Crippen LogP contribution is 2.27. The maximum Gasteiger partial charge on any atom is 0.242 e. The molecule has 0 aliphatic heterocycles. The smallest absolute Gasteiger partial charge is 0.242 e. The number of ether oxygens (including phenoxy) is 1. The van der Waals surface area contributed by atoms with Gasteiger partial charge in [0.25, 0.3) is 0 Å². The van der Waals surface area contributed by atoms with Gasteiger partial charge in [0.05, 0.1) is 17.5 Å². The maximum absolute atomic E-state index is 6.58. The Bertz CT molecular complexity index is 1110. The standard InChI is InChI=1S/C24H33NO2Si/c1-9-26-16(2)22-21(27-28(6,7)8)15-19-18-13-11-10-12-17(18)14-20(19)23(22)25-24(3,4)5/h10-15,25H,9H2,1-8H3. The van der Waals surface area contributed by atoms with Gasteiger partial charge in [0.1, 0.15) is 11.5 Å². The Balaban J connectivity index is 2.49. The first-order valence-corrected chi connectivity index (χ1v) is 13.5. The largest absolute Gasteiger partial charge is 0.544 e. The van der Waals surface area contributed by atoms with Gasteiger partial charge in [-0.25, -0.2) is 0 Å². The molecule has 150 valence electrons. The first kappa shape index (κ1) is 20.5. The van der Waals surface area contributed by atoms with Crippen LogP contribution in [0.5, 0.6) is 5.75 Å². The van der Waals surface area contributed by atoms with Crippen molar-refractivity contribution in [1.29, 1.82) is 0 Å². The van der Waals surface area contributed by atoms with E-state index >= 15 is 0 Å². The zero-order valence-corrected chi connectivity index (χ0v) is 19.5. The molecule has 0 saturated heterocycles. The summed E-state index contributed by atoms with van der Waals surface area (Å²) in [6.45, 7) is 17.9. The SMILES string of the molecule is CCOC(C)=c1c(O[Si](C)(C)C)cc2c(c1NC(C)(C)C)C=c1ccccc1=2. The number of benzene rings is 2. The monoisotopic (exact) mass is 395 g/mol. The van der Waals surface area contributed by atoms with Crippen molar-refractivity contribution in [2.75, 3.05) is 11.9 Å². The van der Waals surface area contributed by atoms with Crippen molar-refractivity contribution in [3.8, 4) is 5.75 Å². The van der Waals surface area contributed by atoms with Crippen LogP contribution >= 0.6 is 0 Å². The molecular formula is C24H33NO2Si. The van der Waals surface area contributed by atoms with Crippen LogP contribution in [-0.2, 0) is 4.74 Å². The normalized spacial score (nSPS) is 14.0. The van der Waals surface area contributed by atoms with E-state index in [1.165, 1.54) is 21.2 Å². The predicted octanol–water partition coefficient (Wildman–Crippen LogP) is 4.70. The third-order valence-electron chi connectivity index (χ3n) is 4.51. The Kier molecular flexibility index (Phi) is 5.37. The molecule has 1 N–H and O–H groups in total. The minimum atomic E-state index is -1.81. The summed E-state index contributed by atoms with van der Waals surface area (Å²) in [4.78, 5) is 0. The molecule has 2 aromatic rings. The van der Waals surface area contributed by atoms with E-state index < -0.39 is 8.32 Å². The fraction of sp³-hybridized carbons (Fsp3) is 0.417. The molecule has 3 nitrogen and oxygen atoms in total. The second kappa shape index (κ2) is 7.32. The number of hydrogen-bond donors (Lipinski definition) is 1. The first-order valence-electron chi connectivity index (χ1n) is 10.1. The Hall–Kier alpha value is -2.20. The van der Waals surface area contributed by atoms with Crippen molar-refractivity contribution in [3.63, 3.8) is 0 Å². The van der Waals surface area contributed by atoms with Gasteiger partial charge in [-0.15, -0.1) is 0 Å². The van der Waals surface area contributed by atoms with Crippen molar-refractivity contribution >= 4 is 25.8 Å². The lowest BCUT2D eigenvalue weighted by atomic mass is 10.0. The molecule has 0 amide bonds. The minimum absolute atomic E-state index is 0.0879. The van der Waals surface area contributed by atoms with Crippen LogP contribution in [0.25, 0.3) is 11.8 Å². The molecule has 0 bridgehead atoms. The van der Waals surface area contributed by atoms with Crippen molar-refractivity contribution in [3.05, 3.63) is 56.8 Å². The van der Waals surface area contributed by atoms with Crippen LogP contribution < -0.4 is 20.2 Å². The third-order valence-corrected chi connectivity index (χ3v) is 5.34. The van der Waals surface area contributed by atoms with E-state index in [0.717, 1.165) is 22.4 Å². The quantitative estimate of drug-likeness (QED) is 0.635. The molecule has 0 radical (unpaired) electrons. The van der Waals surface area contributed by atoms with E-state index in [1.54, 1.807) is 0 Å². The zero-order valence-electron chi connectivity index (χ0n) is 18.5. The van der Waals surface area contributed by atoms with Crippen molar-refractivity contribution in [2.45, 2.75) is 59.8 Å². The summed E-state index contributed by atoms with van der Waals surface area (Å²) in [5.74, 6) is 1.82. The van der Waals surface area contributed by atoms with Crippen LogP contribution in [0.3, 0.4) is 0 Å². The highest BCUT2D eigenvalue weighted by atomic mass is 28.4. The van der Waals surface area contributed by atoms with Gasteiger partial charge in [-0.3, -0.25) is 0 Å². The van der Waals surface area contributed by atoms with Gasteiger partial charge in [0.15, 0.2) is 0 Å². The average Bonchev–Trinajstić information content (AvgIpc) is 2.91. The van der Waals surface area contributed by atoms with E-state index in [9.17, 15) is 0 Å². The van der Waals surface area contributed by atoms with E-state index in [2.05, 4.69) is 82.1 Å². The zero-order chi connectivity index (χ0) is 20.7. The number of hydrogen-bond acceptors (Lipinski definition) is 3. The van der Waals surface area contributed by atoms with Gasteiger partial charge in [-0.05, 0) is 82.1 Å². The Morgan fingerprint density at radius 2 is 1.75 bits per heavy atom. The molecule has 0 unspecified atom stereocenters. The first-order chi connectivity index (χ1) is 13.0. The molecule has 4 heteroatoms. The van der Waals surface area contributed by atoms with Gasteiger partial charge >= 0.3 is 0 Å². The van der Waals surface area contributed by atoms with Crippen LogP contribution in [-0.4, -0.2) is 20.5 Å². The van der Waals surface area contributed by atoms with Gasteiger partial charge in [-0.1, -0.05) is 24.3 Å². The fourth-order valence-electron chi connectivity index (χ4n) is 3.62. The van der Waals surface area contributed by atoms with E-state index in [1.807, 2.05) is 13.8 Å². The molecule has 1 aliphatic rings. The second-order valence-electron chi connectivity index (χ2n) is 9.40. The summed E-state index contributed by atoms with van der Waals surface area (Å²) in [6, 6.07) is 10.8. The van der Waals surface area contributed by atoms with Crippen LogP contribution in [0.1, 0.15) is 40.2 Å². The lowest BCUT2D eigenvalue weighted by molar-refractivity contribution is 0.290. The molecule has 0 saturated carbocycles. The molecule has 0 heterocycles. The summed E-state index contributed by atoms with van der Waals surface area (Å²) in [7, 11) is -1.81. The molecule has 0 atom stereocenters. The third kappa shape index (κ3) is 4.27. The molecule has 0 spiro atoms. The van der Waals surface area contributed by atoms with E-state index in [4.69, 9.17) is 9.16 Å². The number of rotatable bonds is 5. The van der Waals surface area contributed by atoms with Crippen molar-refractivity contribution in [1.82, 2.24) is 0 Å². The Morgan fingerprint density at radius 3 is 2.36 bits per heavy atom. The molecule has 0 aromatic heterocycles. The van der Waals surface area contributed by atoms with Crippen LogP contribution in [0, 0.1) is 10.4 Å². The van der Waals surface area contributed by atoms with Gasteiger partial charge in [-0.2, -0.15) is 0 Å². The summed E-state index contributed by atoms with van der Waals surface area (Å²) in [6.07, 6.45) is 2.28. The highest BCUT2D eigenvalue weighted by molar-refractivity contribution is 6.70. The van der Waals surface area contributed by atoms with Gasteiger partial charge < -0.3 is 14.5 Å². The van der Waals surface area contributed by atoms with Crippen LogP contribution in [0.4, 0.5) is 5.69 Å². The number of anilines is 1. The van der Waals surface area contributed by atoms with Crippen LogP contribution in [0.15, 0.2) is 30.3 Å². The second-order valence-corrected chi connectivity index (χ2v) is 13.8. The minimum Gasteiger partial charge on any atom is -0.544 e. The Morgan fingerprint density at radius 1 is 1.07 bits per heavy atom. The molecule has 2 aromatic carbocycles. The summed E-state index contributed by atoms with van der Waals surface area (Å²) in [5.41, 5.74) is 2.23. The lowest BCUT2D eigenvalue weighted by Gasteiger charge is -2.27. The van der Waals surface area contributed by atoms with Crippen molar-refractivity contribution < 1.29 is 9.16 Å². The topological polar surface area (TPSA) is 30.5 Å². The van der Waals surface area contributed by atoms with E-state index in [-0.39, 0.29) is 5.54 Å². The maximum atomic E-state index is 6.58. The molecule has 28 heavy (non-hydrogen) atoms. The van der Waals surface area contributed by atoms with E-state index in [0.29, 0.717) is 6.61 Å². The lowest BCUT2D eigenvalue weighted by Crippen LogP contribution is -2.35. The highest BCUT2D eigenvalue weighted by Gasteiger charge is 2.23. The Labute approximate surface area is 169 Å². The molecule has 0 fully saturated rings. The molecule has 1 aliphatic carbocycles. The fourth-order valence-corrected chi connectivity index (χ4v) is 4.44.